The fraction of sp³-hybridized carbons (Fsp3) is 0.250. The third-order valence-electron chi connectivity index (χ3n) is 3.53. The van der Waals surface area contributed by atoms with Gasteiger partial charge in [-0.1, -0.05) is 37.0 Å². The number of anilines is 1. The fourth-order valence-electron chi connectivity index (χ4n) is 2.59. The number of fused-ring (bicyclic) bond motifs is 1. The predicted molar refractivity (Wildman–Crippen MR) is 94.6 cm³/mol. The van der Waals surface area contributed by atoms with E-state index in [2.05, 4.69) is 18.9 Å². The highest BCUT2D eigenvalue weighted by atomic mass is 35.5. The molecule has 7 heteroatoms. The fourth-order valence-corrected chi connectivity index (χ4v) is 3.26. The van der Waals surface area contributed by atoms with Crippen molar-refractivity contribution in [1.82, 2.24) is 14.3 Å². The molecule has 5 nitrogen and oxygen atoms in total. The zero-order valence-electron chi connectivity index (χ0n) is 12.8. The molecule has 0 atom stereocenters. The Morgan fingerprint density at radius 3 is 2.43 bits per heavy atom. The van der Waals surface area contributed by atoms with Crippen LogP contribution in [0.1, 0.15) is 13.8 Å². The van der Waals surface area contributed by atoms with E-state index in [1.54, 1.807) is 33.6 Å². The Hall–Kier alpha value is -1.98. The summed E-state index contributed by atoms with van der Waals surface area (Å²) in [5.74, 6) is 0.338. The summed E-state index contributed by atoms with van der Waals surface area (Å²) in [6.07, 6.45) is 1.65. The van der Waals surface area contributed by atoms with Crippen molar-refractivity contribution in [3.8, 4) is 5.69 Å². The molecule has 0 amide bonds. The third kappa shape index (κ3) is 2.82. The van der Waals surface area contributed by atoms with E-state index in [1.807, 2.05) is 0 Å². The Bertz CT molecular complexity index is 920. The highest BCUT2D eigenvalue weighted by Crippen LogP contribution is 2.32. The first-order valence-electron chi connectivity index (χ1n) is 7.21. The number of benzene rings is 1. The molecule has 120 valence electrons. The summed E-state index contributed by atoms with van der Waals surface area (Å²) in [5, 5.41) is 5.18. The highest BCUT2D eigenvalue weighted by Gasteiger charge is 2.16. The van der Waals surface area contributed by atoms with E-state index in [-0.39, 0.29) is 5.56 Å². The van der Waals surface area contributed by atoms with E-state index in [1.165, 1.54) is 6.07 Å². The van der Waals surface area contributed by atoms with Gasteiger partial charge in [0.2, 0.25) is 0 Å². The highest BCUT2D eigenvalue weighted by molar-refractivity contribution is 6.38. The lowest BCUT2D eigenvalue weighted by atomic mass is 10.2. The summed E-state index contributed by atoms with van der Waals surface area (Å²) in [6, 6.07) is 6.51. The van der Waals surface area contributed by atoms with Crippen molar-refractivity contribution >= 4 is 39.9 Å². The molecular weight excluding hydrogens is 335 g/mol. The van der Waals surface area contributed by atoms with Crippen LogP contribution in [0.5, 0.6) is 0 Å². The number of hydrogen-bond donors (Lipinski definition) is 1. The van der Waals surface area contributed by atoms with Crippen LogP contribution in [0.15, 0.2) is 35.3 Å². The third-order valence-corrected chi connectivity index (χ3v) is 4.10. The van der Waals surface area contributed by atoms with Gasteiger partial charge in [0.05, 0.1) is 27.3 Å². The SMILES string of the molecule is CC(C)Cn1c(=O)ccc2c1cnn2-c1c(Cl)cc(N)cc1Cl. The van der Waals surface area contributed by atoms with Crippen LogP contribution in [0.4, 0.5) is 5.69 Å². The number of hydrogen-bond acceptors (Lipinski definition) is 3. The molecule has 0 radical (unpaired) electrons. The molecule has 0 saturated heterocycles. The van der Waals surface area contributed by atoms with E-state index in [0.29, 0.717) is 33.9 Å². The molecule has 0 aliphatic carbocycles. The van der Waals surface area contributed by atoms with Gasteiger partial charge in [0, 0.05) is 18.3 Å². The van der Waals surface area contributed by atoms with Crippen LogP contribution in [0.25, 0.3) is 16.7 Å². The van der Waals surface area contributed by atoms with E-state index < -0.39 is 0 Å². The van der Waals surface area contributed by atoms with Crippen LogP contribution in [-0.4, -0.2) is 14.3 Å². The predicted octanol–water partition coefficient (Wildman–Crippen LogP) is 3.73. The quantitative estimate of drug-likeness (QED) is 0.731. The molecule has 23 heavy (non-hydrogen) atoms. The summed E-state index contributed by atoms with van der Waals surface area (Å²) in [5.41, 5.74) is 8.23. The number of aromatic nitrogens is 3. The van der Waals surface area contributed by atoms with Gasteiger partial charge < -0.3 is 10.3 Å². The molecule has 2 heterocycles. The Kier molecular flexibility index (Phi) is 4.08. The largest absolute Gasteiger partial charge is 0.399 e. The molecule has 0 aliphatic rings. The van der Waals surface area contributed by atoms with Gasteiger partial charge in [-0.25, -0.2) is 4.68 Å². The van der Waals surface area contributed by atoms with Crippen molar-refractivity contribution in [2.45, 2.75) is 20.4 Å². The second kappa shape index (κ2) is 5.91. The molecule has 0 unspecified atom stereocenters. The van der Waals surface area contributed by atoms with Crippen LogP contribution in [-0.2, 0) is 6.54 Å². The lowest BCUT2D eigenvalue weighted by molar-refractivity contribution is 0.524. The van der Waals surface area contributed by atoms with Gasteiger partial charge in [-0.05, 0) is 24.1 Å². The Morgan fingerprint density at radius 2 is 1.83 bits per heavy atom. The second-order valence-electron chi connectivity index (χ2n) is 5.84. The number of pyridine rings is 1. The summed E-state index contributed by atoms with van der Waals surface area (Å²) in [4.78, 5) is 12.2. The Morgan fingerprint density at radius 1 is 1.17 bits per heavy atom. The monoisotopic (exact) mass is 350 g/mol. The minimum absolute atomic E-state index is 0.0553. The number of nitrogen functional groups attached to an aromatic ring is 1. The molecular formula is C16H16Cl2N4O. The number of nitrogens with two attached hydrogens (primary N) is 1. The van der Waals surface area contributed by atoms with Crippen LogP contribution < -0.4 is 11.3 Å². The molecule has 0 saturated carbocycles. The number of halogens is 2. The summed E-state index contributed by atoms with van der Waals surface area (Å²) in [6.45, 7) is 4.73. The van der Waals surface area contributed by atoms with Crippen LogP contribution >= 0.6 is 23.2 Å². The van der Waals surface area contributed by atoms with Gasteiger partial charge in [-0.2, -0.15) is 5.10 Å². The maximum Gasteiger partial charge on any atom is 0.251 e. The molecule has 2 aromatic heterocycles. The maximum absolute atomic E-state index is 12.2. The molecule has 3 rings (SSSR count). The summed E-state index contributed by atoms with van der Waals surface area (Å²) < 4.78 is 3.35. The van der Waals surface area contributed by atoms with E-state index >= 15 is 0 Å². The topological polar surface area (TPSA) is 65.8 Å². The van der Waals surface area contributed by atoms with Crippen molar-refractivity contribution in [1.29, 1.82) is 0 Å². The van der Waals surface area contributed by atoms with E-state index in [0.717, 1.165) is 11.0 Å². The first-order chi connectivity index (χ1) is 10.9. The molecule has 0 aliphatic heterocycles. The van der Waals surface area contributed by atoms with Crippen molar-refractivity contribution in [2.24, 2.45) is 5.92 Å². The van der Waals surface area contributed by atoms with Gasteiger partial charge in [0.25, 0.3) is 5.56 Å². The van der Waals surface area contributed by atoms with Gasteiger partial charge in [0.15, 0.2) is 0 Å². The molecule has 2 N–H and O–H groups in total. The second-order valence-corrected chi connectivity index (χ2v) is 6.65. The van der Waals surface area contributed by atoms with Gasteiger partial charge >= 0.3 is 0 Å². The lowest BCUT2D eigenvalue weighted by Gasteiger charge is -2.12. The molecule has 3 aromatic rings. The Balaban J connectivity index is 2.28. The van der Waals surface area contributed by atoms with Crippen molar-refractivity contribution in [2.75, 3.05) is 5.73 Å². The normalized spacial score (nSPS) is 11.5. The van der Waals surface area contributed by atoms with Crippen molar-refractivity contribution in [3.63, 3.8) is 0 Å². The van der Waals surface area contributed by atoms with E-state index in [4.69, 9.17) is 28.9 Å². The van der Waals surface area contributed by atoms with Gasteiger partial charge in [-0.15, -0.1) is 0 Å². The number of rotatable bonds is 3. The molecule has 0 spiro atoms. The maximum atomic E-state index is 12.2. The van der Waals surface area contributed by atoms with Gasteiger partial charge in [-0.3, -0.25) is 4.79 Å². The van der Waals surface area contributed by atoms with E-state index in [9.17, 15) is 4.79 Å². The first kappa shape index (κ1) is 15.9. The first-order valence-corrected chi connectivity index (χ1v) is 7.96. The van der Waals surface area contributed by atoms with Crippen LogP contribution in [0, 0.1) is 5.92 Å². The smallest absolute Gasteiger partial charge is 0.251 e. The van der Waals surface area contributed by atoms with Crippen molar-refractivity contribution < 1.29 is 0 Å². The van der Waals surface area contributed by atoms with Gasteiger partial charge in [0.1, 0.15) is 5.69 Å². The van der Waals surface area contributed by atoms with Crippen LogP contribution in [0.3, 0.4) is 0 Å². The standard InChI is InChI=1S/C16H16Cl2N4O/c1-9(2)8-21-14-7-20-22(13(14)3-4-15(21)23)16-11(17)5-10(19)6-12(16)18/h3-7,9H,8,19H2,1-2H3. The summed E-state index contributed by atoms with van der Waals surface area (Å²) in [7, 11) is 0. The zero-order valence-corrected chi connectivity index (χ0v) is 14.3. The number of nitrogens with zero attached hydrogens (tertiary/aromatic N) is 3. The molecule has 1 aromatic carbocycles. The minimum Gasteiger partial charge on any atom is -0.399 e. The Labute approximate surface area is 143 Å². The summed E-state index contributed by atoms with van der Waals surface area (Å²) >= 11 is 12.6. The average Bonchev–Trinajstić information content (AvgIpc) is 2.84. The van der Waals surface area contributed by atoms with Crippen LogP contribution in [0.2, 0.25) is 10.0 Å². The molecule has 0 fully saturated rings. The minimum atomic E-state index is -0.0553. The molecule has 0 bridgehead atoms. The average molecular weight is 351 g/mol. The zero-order chi connectivity index (χ0) is 16.7. The van der Waals surface area contributed by atoms with Crippen molar-refractivity contribution in [3.05, 3.63) is 50.9 Å². The lowest BCUT2D eigenvalue weighted by Crippen LogP contribution is -2.21.